The first-order chi connectivity index (χ1) is 14.9. The molecule has 0 aromatic heterocycles. The molecule has 8 heteroatoms. The second kappa shape index (κ2) is 10.6. The van der Waals surface area contributed by atoms with Crippen molar-refractivity contribution < 1.29 is 19.1 Å². The number of amides is 1. The zero-order valence-electron chi connectivity index (χ0n) is 17.6. The molecular weight excluding hydrogens is 480 g/mol. The highest BCUT2D eigenvalue weighted by molar-refractivity contribution is 9.10. The highest BCUT2D eigenvalue weighted by atomic mass is 79.9. The van der Waals surface area contributed by atoms with Gasteiger partial charge in [-0.25, -0.2) is 9.79 Å². The number of halogens is 1. The van der Waals surface area contributed by atoms with Crippen molar-refractivity contribution in [2.24, 2.45) is 4.99 Å². The normalized spacial score (nSPS) is 16.3. The van der Waals surface area contributed by atoms with E-state index in [1.165, 1.54) is 16.7 Å². The summed E-state index contributed by atoms with van der Waals surface area (Å²) in [6.45, 7) is 4.71. The predicted octanol–water partition coefficient (Wildman–Crippen LogP) is 5.65. The lowest BCUT2D eigenvalue weighted by Crippen LogP contribution is -2.23. The summed E-state index contributed by atoms with van der Waals surface area (Å²) in [5.74, 6) is 0.177. The van der Waals surface area contributed by atoms with Crippen LogP contribution in [0, 0.1) is 0 Å². The Labute approximate surface area is 194 Å². The second-order valence-corrected chi connectivity index (χ2v) is 8.60. The van der Waals surface area contributed by atoms with Crippen molar-refractivity contribution in [3.05, 3.63) is 63.0 Å². The molecule has 0 N–H and O–H groups in total. The Morgan fingerprint density at radius 3 is 2.77 bits per heavy atom. The van der Waals surface area contributed by atoms with Crippen LogP contribution in [0.2, 0.25) is 0 Å². The van der Waals surface area contributed by atoms with E-state index in [1.807, 2.05) is 31.2 Å². The lowest BCUT2D eigenvalue weighted by molar-refractivity contribution is -0.121. The van der Waals surface area contributed by atoms with Gasteiger partial charge in [0.2, 0.25) is 0 Å². The van der Waals surface area contributed by atoms with E-state index in [-0.39, 0.29) is 5.91 Å². The van der Waals surface area contributed by atoms with Crippen LogP contribution in [0.5, 0.6) is 5.75 Å². The molecule has 1 aliphatic heterocycles. The molecule has 1 fully saturated rings. The maximum absolute atomic E-state index is 12.8. The highest BCUT2D eigenvalue weighted by Gasteiger charge is 2.30. The van der Waals surface area contributed by atoms with Gasteiger partial charge in [-0.2, -0.15) is 0 Å². The van der Waals surface area contributed by atoms with Gasteiger partial charge in [-0.05, 0) is 67.6 Å². The van der Waals surface area contributed by atoms with Crippen molar-refractivity contribution in [1.82, 2.24) is 4.90 Å². The van der Waals surface area contributed by atoms with E-state index in [4.69, 9.17) is 9.47 Å². The molecule has 1 aliphatic rings. The molecule has 1 saturated heterocycles. The number of aliphatic imine (C=N–C) groups is 1. The summed E-state index contributed by atoms with van der Waals surface area (Å²) >= 11 is 4.76. The SMILES string of the molecule is CCCOc1ccc(Br)cc1C=C1SC(=Nc2cccc(C(=O)OCC)c2)N(C)C1=O. The third-order valence-electron chi connectivity index (χ3n) is 4.31. The average Bonchev–Trinajstić information content (AvgIpc) is 3.01. The maximum Gasteiger partial charge on any atom is 0.338 e. The summed E-state index contributed by atoms with van der Waals surface area (Å²) in [5, 5.41) is 0.531. The zero-order valence-corrected chi connectivity index (χ0v) is 20.0. The quantitative estimate of drug-likeness (QED) is 0.361. The van der Waals surface area contributed by atoms with Gasteiger partial charge in [-0.1, -0.05) is 28.9 Å². The van der Waals surface area contributed by atoms with E-state index >= 15 is 0 Å². The second-order valence-electron chi connectivity index (χ2n) is 6.67. The fourth-order valence-electron chi connectivity index (χ4n) is 2.80. The number of amidine groups is 1. The number of rotatable bonds is 7. The van der Waals surface area contributed by atoms with Crippen LogP contribution in [0.3, 0.4) is 0 Å². The molecule has 0 aliphatic carbocycles. The van der Waals surface area contributed by atoms with Crippen LogP contribution < -0.4 is 4.74 Å². The van der Waals surface area contributed by atoms with Crippen LogP contribution in [0.25, 0.3) is 6.08 Å². The first-order valence-corrected chi connectivity index (χ1v) is 11.5. The molecule has 6 nitrogen and oxygen atoms in total. The average molecular weight is 503 g/mol. The molecule has 0 saturated carbocycles. The van der Waals surface area contributed by atoms with Gasteiger partial charge >= 0.3 is 5.97 Å². The first-order valence-electron chi connectivity index (χ1n) is 9.88. The Hall–Kier alpha value is -2.58. The van der Waals surface area contributed by atoms with Crippen molar-refractivity contribution in [2.75, 3.05) is 20.3 Å². The molecule has 0 spiro atoms. The third kappa shape index (κ3) is 5.77. The van der Waals surface area contributed by atoms with E-state index in [1.54, 1.807) is 38.2 Å². The van der Waals surface area contributed by atoms with E-state index in [9.17, 15) is 9.59 Å². The number of hydrogen-bond donors (Lipinski definition) is 0. The molecule has 0 bridgehead atoms. The summed E-state index contributed by atoms with van der Waals surface area (Å²) in [7, 11) is 1.68. The first kappa shape index (κ1) is 23.1. The Morgan fingerprint density at radius 1 is 1.23 bits per heavy atom. The summed E-state index contributed by atoms with van der Waals surface area (Å²) in [6, 6.07) is 12.6. The number of carbonyl (C=O) groups is 2. The highest BCUT2D eigenvalue weighted by Crippen LogP contribution is 2.35. The summed E-state index contributed by atoms with van der Waals surface area (Å²) in [6.07, 6.45) is 2.71. The Kier molecular flexibility index (Phi) is 7.92. The van der Waals surface area contributed by atoms with Gasteiger partial charge in [0, 0.05) is 17.1 Å². The summed E-state index contributed by atoms with van der Waals surface area (Å²) < 4.78 is 11.8. The largest absolute Gasteiger partial charge is 0.493 e. The predicted molar refractivity (Wildman–Crippen MR) is 128 cm³/mol. The fourth-order valence-corrected chi connectivity index (χ4v) is 4.15. The molecule has 0 atom stereocenters. The number of nitrogens with zero attached hydrogens (tertiary/aromatic N) is 2. The lowest BCUT2D eigenvalue weighted by Gasteiger charge is -2.09. The standard InChI is InChI=1S/C23H23BrN2O4S/c1-4-11-30-19-10-9-17(24)12-16(19)14-20-21(27)26(3)23(31-20)25-18-8-6-7-15(13-18)22(28)29-5-2/h6-10,12-14H,4-5,11H2,1-3H3. The Bertz CT molecular complexity index is 1050. The Balaban J connectivity index is 1.89. The van der Waals surface area contributed by atoms with Crippen LogP contribution in [0.15, 0.2) is 56.8 Å². The minimum absolute atomic E-state index is 0.147. The number of hydrogen-bond acceptors (Lipinski definition) is 6. The van der Waals surface area contributed by atoms with Gasteiger partial charge in [0.1, 0.15) is 5.75 Å². The van der Waals surface area contributed by atoms with Gasteiger partial charge in [-0.15, -0.1) is 0 Å². The van der Waals surface area contributed by atoms with Crippen LogP contribution in [0.4, 0.5) is 5.69 Å². The monoisotopic (exact) mass is 502 g/mol. The third-order valence-corrected chi connectivity index (χ3v) is 5.86. The molecule has 0 radical (unpaired) electrons. The smallest absolute Gasteiger partial charge is 0.338 e. The van der Waals surface area contributed by atoms with Crippen LogP contribution in [-0.2, 0) is 9.53 Å². The van der Waals surface area contributed by atoms with Crippen molar-refractivity contribution in [1.29, 1.82) is 0 Å². The van der Waals surface area contributed by atoms with Crippen molar-refractivity contribution in [3.8, 4) is 5.75 Å². The van der Waals surface area contributed by atoms with Crippen LogP contribution in [0.1, 0.15) is 36.2 Å². The van der Waals surface area contributed by atoms with Gasteiger partial charge in [0.05, 0.1) is 29.4 Å². The molecule has 1 heterocycles. The zero-order chi connectivity index (χ0) is 22.4. The van der Waals surface area contributed by atoms with Crippen LogP contribution >= 0.6 is 27.7 Å². The van der Waals surface area contributed by atoms with E-state index in [2.05, 4.69) is 20.9 Å². The number of thioether (sulfide) groups is 1. The topological polar surface area (TPSA) is 68.2 Å². The van der Waals surface area contributed by atoms with Crippen molar-refractivity contribution >= 4 is 56.5 Å². The molecule has 162 valence electrons. The van der Waals surface area contributed by atoms with E-state index < -0.39 is 5.97 Å². The Morgan fingerprint density at radius 2 is 2.03 bits per heavy atom. The molecule has 2 aromatic rings. The van der Waals surface area contributed by atoms with Gasteiger partial charge in [0.25, 0.3) is 5.91 Å². The minimum Gasteiger partial charge on any atom is -0.493 e. The molecule has 0 unspecified atom stereocenters. The van der Waals surface area contributed by atoms with Crippen LogP contribution in [-0.4, -0.2) is 42.2 Å². The number of carbonyl (C=O) groups excluding carboxylic acids is 2. The lowest BCUT2D eigenvalue weighted by atomic mass is 10.2. The summed E-state index contributed by atoms with van der Waals surface area (Å²) in [4.78, 5) is 31.4. The fraction of sp³-hybridized carbons (Fsp3) is 0.261. The molecule has 1 amide bonds. The van der Waals surface area contributed by atoms with E-state index in [0.29, 0.717) is 34.5 Å². The van der Waals surface area contributed by atoms with Crippen molar-refractivity contribution in [2.45, 2.75) is 20.3 Å². The number of ether oxygens (including phenoxy) is 2. The van der Waals surface area contributed by atoms with Gasteiger partial charge < -0.3 is 9.47 Å². The van der Waals surface area contributed by atoms with E-state index in [0.717, 1.165) is 22.2 Å². The van der Waals surface area contributed by atoms with Gasteiger partial charge in [-0.3, -0.25) is 9.69 Å². The molecular formula is C23H23BrN2O4S. The number of esters is 1. The maximum atomic E-state index is 12.8. The number of likely N-dealkylation sites (N-methyl/N-ethyl adjacent to an activating group) is 1. The minimum atomic E-state index is -0.400. The summed E-state index contributed by atoms with van der Waals surface area (Å²) in [5.41, 5.74) is 1.81. The molecule has 3 rings (SSSR count). The van der Waals surface area contributed by atoms with Crippen molar-refractivity contribution in [3.63, 3.8) is 0 Å². The molecule has 31 heavy (non-hydrogen) atoms. The molecule has 2 aromatic carbocycles. The van der Waals surface area contributed by atoms with Gasteiger partial charge in [0.15, 0.2) is 5.17 Å². The number of benzene rings is 2.